The summed E-state index contributed by atoms with van der Waals surface area (Å²) in [6.07, 6.45) is 3.50. The Morgan fingerprint density at radius 2 is 2.07 bits per heavy atom. The zero-order valence-electron chi connectivity index (χ0n) is 16.7. The summed E-state index contributed by atoms with van der Waals surface area (Å²) in [5.74, 6) is 0.402. The van der Waals surface area contributed by atoms with Crippen LogP contribution < -0.4 is 10.8 Å². The van der Waals surface area contributed by atoms with E-state index in [1.54, 1.807) is 42.1 Å². The summed E-state index contributed by atoms with van der Waals surface area (Å²) in [5.41, 5.74) is 2.57. The third-order valence-corrected chi connectivity index (χ3v) is 4.50. The Morgan fingerprint density at radius 1 is 1.30 bits per heavy atom. The molecule has 0 aliphatic rings. The van der Waals surface area contributed by atoms with E-state index in [9.17, 15) is 9.90 Å². The maximum atomic E-state index is 11.9. The van der Waals surface area contributed by atoms with E-state index in [1.165, 1.54) is 6.20 Å². The highest BCUT2D eigenvalue weighted by Crippen LogP contribution is 2.19. The van der Waals surface area contributed by atoms with Gasteiger partial charge in [-0.15, -0.1) is 0 Å². The number of aromatic nitrogens is 4. The second-order valence-corrected chi connectivity index (χ2v) is 7.42. The zero-order valence-corrected chi connectivity index (χ0v) is 17.4. The van der Waals surface area contributed by atoms with Gasteiger partial charge in [0, 0.05) is 24.7 Å². The van der Waals surface area contributed by atoms with E-state index < -0.39 is 5.60 Å². The van der Waals surface area contributed by atoms with Gasteiger partial charge in [0.25, 0.3) is 5.91 Å². The molecule has 1 atom stereocenters. The van der Waals surface area contributed by atoms with E-state index in [0.717, 1.165) is 5.69 Å². The van der Waals surface area contributed by atoms with Crippen LogP contribution in [0.25, 0.3) is 5.82 Å². The predicted molar refractivity (Wildman–Crippen MR) is 112 cm³/mol. The van der Waals surface area contributed by atoms with Crippen molar-refractivity contribution < 1.29 is 14.7 Å². The van der Waals surface area contributed by atoms with Gasteiger partial charge in [0.1, 0.15) is 5.02 Å². The number of aryl methyl sites for hydroxylation is 1. The van der Waals surface area contributed by atoms with Gasteiger partial charge in [-0.05, 0) is 32.0 Å². The van der Waals surface area contributed by atoms with Gasteiger partial charge < -0.3 is 10.4 Å². The Labute approximate surface area is 179 Å². The van der Waals surface area contributed by atoms with Crippen molar-refractivity contribution in [3.63, 3.8) is 0 Å². The van der Waals surface area contributed by atoms with Gasteiger partial charge in [-0.25, -0.2) is 15.1 Å². The van der Waals surface area contributed by atoms with Gasteiger partial charge >= 0.3 is 0 Å². The van der Waals surface area contributed by atoms with E-state index in [0.29, 0.717) is 22.4 Å². The van der Waals surface area contributed by atoms with Crippen molar-refractivity contribution in [3.8, 4) is 5.82 Å². The maximum absolute atomic E-state index is 11.9. The minimum absolute atomic E-state index is 0.131. The molecule has 2 heterocycles. The van der Waals surface area contributed by atoms with Crippen LogP contribution in [-0.4, -0.2) is 49.5 Å². The molecule has 0 radical (unpaired) electrons. The smallest absolute Gasteiger partial charge is 0.274 e. The molecule has 0 fully saturated rings. The highest BCUT2D eigenvalue weighted by Gasteiger charge is 2.21. The third kappa shape index (κ3) is 5.99. The Hall–Kier alpha value is -3.01. The number of hydroxylamine groups is 1. The molecule has 1 unspecified atom stereocenters. The fourth-order valence-electron chi connectivity index (χ4n) is 2.53. The average Bonchev–Trinajstić information content (AvgIpc) is 3.17. The molecular weight excluding hydrogens is 408 g/mol. The first kappa shape index (κ1) is 21.7. The molecule has 0 aliphatic heterocycles. The number of benzene rings is 1. The molecule has 9 nitrogen and oxygen atoms in total. The highest BCUT2D eigenvalue weighted by atomic mass is 35.5. The van der Waals surface area contributed by atoms with Crippen LogP contribution in [0.5, 0.6) is 0 Å². The number of carbonyl (C=O) groups is 1. The number of rotatable bonds is 9. The van der Waals surface area contributed by atoms with Crippen molar-refractivity contribution in [3.05, 3.63) is 65.1 Å². The molecule has 3 N–H and O–H groups in total. The minimum atomic E-state index is -1.12. The number of nitrogens with zero attached hydrogens (tertiary/aromatic N) is 4. The number of nitrogens with one attached hydrogen (secondary N) is 2. The summed E-state index contributed by atoms with van der Waals surface area (Å²) in [7, 11) is 0. The SMILES string of the molecule is Cc1ccn(-c2nc(NCC(C)(O)CCONC(=O)c3ccccc3)ncc2Cl)n1. The van der Waals surface area contributed by atoms with Crippen LogP contribution in [0.15, 0.2) is 48.8 Å². The first-order chi connectivity index (χ1) is 14.3. The minimum Gasteiger partial charge on any atom is -0.388 e. The van der Waals surface area contributed by atoms with Gasteiger partial charge in [-0.2, -0.15) is 10.1 Å². The molecule has 0 spiro atoms. The molecule has 2 aromatic heterocycles. The summed E-state index contributed by atoms with van der Waals surface area (Å²) < 4.78 is 1.56. The molecule has 3 rings (SSSR count). The number of anilines is 1. The standard InChI is InChI=1S/C20H23ClN6O3/c1-14-8-10-27(25-14)17-16(21)12-22-19(24-17)23-13-20(2,29)9-11-30-26-18(28)15-6-4-3-5-7-15/h3-8,10,12,29H,9,11,13H2,1-2H3,(H,26,28)(H,22,23,24). The second-order valence-electron chi connectivity index (χ2n) is 7.01. The van der Waals surface area contributed by atoms with Crippen molar-refractivity contribution in [2.45, 2.75) is 25.9 Å². The molecule has 10 heteroatoms. The lowest BCUT2D eigenvalue weighted by Gasteiger charge is -2.23. The molecule has 1 amide bonds. The van der Waals surface area contributed by atoms with Crippen LogP contribution >= 0.6 is 11.6 Å². The molecule has 30 heavy (non-hydrogen) atoms. The van der Waals surface area contributed by atoms with Gasteiger partial charge in [-0.1, -0.05) is 29.8 Å². The third-order valence-electron chi connectivity index (χ3n) is 4.24. The van der Waals surface area contributed by atoms with Crippen LogP contribution in [0.2, 0.25) is 5.02 Å². The van der Waals surface area contributed by atoms with Crippen LogP contribution in [0.4, 0.5) is 5.95 Å². The van der Waals surface area contributed by atoms with Gasteiger partial charge in [-0.3, -0.25) is 9.63 Å². The topological polar surface area (TPSA) is 114 Å². The quantitative estimate of drug-likeness (QED) is 0.353. The molecule has 0 saturated carbocycles. The fourth-order valence-corrected chi connectivity index (χ4v) is 2.71. The first-order valence-corrected chi connectivity index (χ1v) is 9.70. The lowest BCUT2D eigenvalue weighted by molar-refractivity contribution is -0.00801. The summed E-state index contributed by atoms with van der Waals surface area (Å²) in [6.45, 7) is 3.82. The summed E-state index contributed by atoms with van der Waals surface area (Å²) in [4.78, 5) is 25.6. The van der Waals surface area contributed by atoms with Crippen molar-refractivity contribution in [1.82, 2.24) is 25.2 Å². The first-order valence-electron chi connectivity index (χ1n) is 9.33. The van der Waals surface area contributed by atoms with Crippen molar-refractivity contribution in [2.24, 2.45) is 0 Å². The van der Waals surface area contributed by atoms with E-state index in [1.807, 2.05) is 19.1 Å². The Bertz CT molecular complexity index is 993. The van der Waals surface area contributed by atoms with Crippen LogP contribution in [0.3, 0.4) is 0 Å². The largest absolute Gasteiger partial charge is 0.388 e. The van der Waals surface area contributed by atoms with Crippen LogP contribution in [0, 0.1) is 6.92 Å². The Morgan fingerprint density at radius 3 is 2.77 bits per heavy atom. The Kier molecular flexibility index (Phi) is 6.99. The van der Waals surface area contributed by atoms with E-state index in [-0.39, 0.29) is 25.5 Å². The number of hydrogen-bond donors (Lipinski definition) is 3. The fraction of sp³-hybridized carbons (Fsp3) is 0.300. The lowest BCUT2D eigenvalue weighted by atomic mass is 10.0. The van der Waals surface area contributed by atoms with Crippen molar-refractivity contribution >= 4 is 23.5 Å². The number of halogens is 1. The maximum Gasteiger partial charge on any atom is 0.274 e. The van der Waals surface area contributed by atoms with E-state index in [4.69, 9.17) is 16.4 Å². The molecular formula is C20H23ClN6O3. The summed E-state index contributed by atoms with van der Waals surface area (Å²) >= 11 is 6.17. The molecule has 0 aliphatic carbocycles. The van der Waals surface area contributed by atoms with Gasteiger partial charge in [0.2, 0.25) is 5.95 Å². The van der Waals surface area contributed by atoms with E-state index >= 15 is 0 Å². The zero-order chi connectivity index (χ0) is 21.6. The van der Waals surface area contributed by atoms with Crippen molar-refractivity contribution in [2.75, 3.05) is 18.5 Å². The molecule has 158 valence electrons. The monoisotopic (exact) mass is 430 g/mol. The van der Waals surface area contributed by atoms with Crippen LogP contribution in [0.1, 0.15) is 29.4 Å². The normalized spacial score (nSPS) is 12.9. The highest BCUT2D eigenvalue weighted by molar-refractivity contribution is 6.32. The average molecular weight is 431 g/mol. The molecule has 0 saturated heterocycles. The number of amides is 1. The number of aliphatic hydroxyl groups is 1. The Balaban J connectivity index is 1.48. The second kappa shape index (κ2) is 9.66. The molecule has 0 bridgehead atoms. The van der Waals surface area contributed by atoms with Gasteiger partial charge in [0.05, 0.1) is 24.1 Å². The van der Waals surface area contributed by atoms with Crippen LogP contribution in [-0.2, 0) is 4.84 Å². The molecule has 1 aromatic carbocycles. The van der Waals surface area contributed by atoms with E-state index in [2.05, 4.69) is 25.9 Å². The van der Waals surface area contributed by atoms with Gasteiger partial charge in [0.15, 0.2) is 5.82 Å². The molecule has 3 aromatic rings. The summed E-state index contributed by atoms with van der Waals surface area (Å²) in [6, 6.07) is 10.6. The number of carbonyl (C=O) groups excluding carboxylic acids is 1. The predicted octanol–water partition coefficient (Wildman–Crippen LogP) is 2.54. The van der Waals surface area contributed by atoms with Crippen molar-refractivity contribution in [1.29, 1.82) is 0 Å². The summed E-state index contributed by atoms with van der Waals surface area (Å²) in [5, 5.41) is 18.2. The lowest BCUT2D eigenvalue weighted by Crippen LogP contribution is -2.36. The number of hydrogen-bond acceptors (Lipinski definition) is 7.